The van der Waals surface area contributed by atoms with E-state index in [0.29, 0.717) is 0 Å². The van der Waals surface area contributed by atoms with Crippen LogP contribution in [0.3, 0.4) is 0 Å². The average molecular weight is 254 g/mol. The third-order valence-electron chi connectivity index (χ3n) is 3.84. The van der Waals surface area contributed by atoms with E-state index in [1.54, 1.807) is 0 Å². The number of morpholine rings is 1. The lowest BCUT2D eigenvalue weighted by Gasteiger charge is -2.29. The average Bonchev–Trinajstić information content (AvgIpc) is 3.04. The fourth-order valence-corrected chi connectivity index (χ4v) is 2.84. The molecule has 0 amide bonds. The molecule has 1 saturated heterocycles. The molecule has 0 radical (unpaired) electrons. The van der Waals surface area contributed by atoms with Gasteiger partial charge in [-0.2, -0.15) is 0 Å². The van der Waals surface area contributed by atoms with E-state index in [0.717, 1.165) is 48.9 Å². The highest BCUT2D eigenvalue weighted by Gasteiger charge is 2.26. The number of hydrogen-bond acceptors (Lipinski definition) is 3. The van der Waals surface area contributed by atoms with E-state index in [9.17, 15) is 4.79 Å². The molecule has 0 bridgehead atoms. The van der Waals surface area contributed by atoms with Gasteiger partial charge in [-0.25, -0.2) is 0 Å². The van der Waals surface area contributed by atoms with Crippen molar-refractivity contribution in [3.8, 4) is 5.69 Å². The number of hydrogen-bond donors (Lipinski definition) is 0. The highest BCUT2D eigenvalue weighted by Crippen LogP contribution is 2.31. The van der Waals surface area contributed by atoms with E-state index in [1.165, 1.54) is 0 Å². The van der Waals surface area contributed by atoms with Crippen LogP contribution in [0.15, 0.2) is 36.5 Å². The normalized spacial score (nSPS) is 17.5. The molecule has 96 valence electrons. The standard InChI is InChI=1S/C15H14N2O2/c18-15-12-4-3-11(16-6-8-19-9-7-16)10-14(12)17-5-1-2-13(15)17/h1-5,10H,6-9H2. The summed E-state index contributed by atoms with van der Waals surface area (Å²) in [6, 6.07) is 9.87. The predicted molar refractivity (Wildman–Crippen MR) is 72.2 cm³/mol. The van der Waals surface area contributed by atoms with Gasteiger partial charge in [-0.05, 0) is 30.3 Å². The fraction of sp³-hybridized carbons (Fsp3) is 0.267. The first-order valence-electron chi connectivity index (χ1n) is 6.54. The first kappa shape index (κ1) is 10.8. The van der Waals surface area contributed by atoms with Crippen LogP contribution < -0.4 is 4.90 Å². The van der Waals surface area contributed by atoms with Crippen molar-refractivity contribution in [3.05, 3.63) is 47.8 Å². The molecule has 1 fully saturated rings. The maximum atomic E-state index is 12.2. The van der Waals surface area contributed by atoms with Crippen LogP contribution in [-0.4, -0.2) is 36.7 Å². The summed E-state index contributed by atoms with van der Waals surface area (Å²) in [7, 11) is 0. The lowest BCUT2D eigenvalue weighted by molar-refractivity contribution is 0.104. The zero-order valence-electron chi connectivity index (χ0n) is 10.5. The van der Waals surface area contributed by atoms with Crippen molar-refractivity contribution in [2.75, 3.05) is 31.2 Å². The Balaban J connectivity index is 1.79. The number of ketones is 1. The van der Waals surface area contributed by atoms with Crippen LogP contribution >= 0.6 is 0 Å². The van der Waals surface area contributed by atoms with Crippen molar-refractivity contribution < 1.29 is 9.53 Å². The summed E-state index contributed by atoms with van der Waals surface area (Å²) < 4.78 is 7.35. The van der Waals surface area contributed by atoms with Gasteiger partial charge in [-0.3, -0.25) is 4.79 Å². The van der Waals surface area contributed by atoms with Gasteiger partial charge in [0.2, 0.25) is 5.78 Å². The summed E-state index contributed by atoms with van der Waals surface area (Å²) in [5, 5.41) is 0. The Morgan fingerprint density at radius 2 is 1.95 bits per heavy atom. The van der Waals surface area contributed by atoms with Gasteiger partial charge < -0.3 is 14.2 Å². The van der Waals surface area contributed by atoms with Crippen molar-refractivity contribution in [2.45, 2.75) is 0 Å². The second kappa shape index (κ2) is 3.96. The maximum Gasteiger partial charge on any atom is 0.211 e. The van der Waals surface area contributed by atoms with E-state index < -0.39 is 0 Å². The highest BCUT2D eigenvalue weighted by atomic mass is 16.5. The molecule has 1 aromatic carbocycles. The van der Waals surface area contributed by atoms with Crippen molar-refractivity contribution in [1.29, 1.82) is 0 Å². The lowest BCUT2D eigenvalue weighted by atomic mass is 10.1. The number of aromatic nitrogens is 1. The van der Waals surface area contributed by atoms with Crippen LogP contribution in [0.25, 0.3) is 5.69 Å². The Morgan fingerprint density at radius 3 is 2.79 bits per heavy atom. The molecular weight excluding hydrogens is 240 g/mol. The molecular formula is C15H14N2O2. The summed E-state index contributed by atoms with van der Waals surface area (Å²) in [5.74, 6) is 0.119. The third-order valence-corrected chi connectivity index (χ3v) is 3.84. The van der Waals surface area contributed by atoms with Crippen molar-refractivity contribution in [1.82, 2.24) is 4.57 Å². The van der Waals surface area contributed by atoms with Gasteiger partial charge in [-0.15, -0.1) is 0 Å². The zero-order valence-corrected chi connectivity index (χ0v) is 10.5. The van der Waals surface area contributed by atoms with Crippen LogP contribution in [0.2, 0.25) is 0 Å². The van der Waals surface area contributed by atoms with Crippen LogP contribution in [0.1, 0.15) is 16.1 Å². The molecule has 4 heteroatoms. The van der Waals surface area contributed by atoms with E-state index in [2.05, 4.69) is 11.0 Å². The summed E-state index contributed by atoms with van der Waals surface area (Å²) >= 11 is 0. The van der Waals surface area contributed by atoms with Gasteiger partial charge >= 0.3 is 0 Å². The zero-order chi connectivity index (χ0) is 12.8. The Bertz CT molecular complexity index is 654. The van der Waals surface area contributed by atoms with Crippen LogP contribution in [0.5, 0.6) is 0 Å². The second-order valence-corrected chi connectivity index (χ2v) is 4.89. The largest absolute Gasteiger partial charge is 0.378 e. The van der Waals surface area contributed by atoms with Crippen molar-refractivity contribution >= 4 is 11.5 Å². The Morgan fingerprint density at radius 1 is 1.11 bits per heavy atom. The van der Waals surface area contributed by atoms with E-state index in [-0.39, 0.29) is 5.78 Å². The number of carbonyl (C=O) groups excluding carboxylic acids is 1. The Labute approximate surface area is 111 Å². The monoisotopic (exact) mass is 254 g/mol. The van der Waals surface area contributed by atoms with Crippen molar-refractivity contribution in [2.24, 2.45) is 0 Å². The van der Waals surface area contributed by atoms with Crippen LogP contribution in [-0.2, 0) is 4.74 Å². The van der Waals surface area contributed by atoms with Crippen molar-refractivity contribution in [3.63, 3.8) is 0 Å². The summed E-state index contributed by atoms with van der Waals surface area (Å²) in [4.78, 5) is 14.5. The first-order valence-corrected chi connectivity index (χ1v) is 6.54. The first-order chi connectivity index (χ1) is 9.34. The molecule has 2 aliphatic rings. The minimum atomic E-state index is 0.119. The number of nitrogens with zero attached hydrogens (tertiary/aromatic N) is 2. The van der Waals surface area contributed by atoms with E-state index in [4.69, 9.17) is 4.74 Å². The minimum absolute atomic E-state index is 0.119. The van der Waals surface area contributed by atoms with Gasteiger partial charge in [0.15, 0.2) is 0 Å². The quantitative estimate of drug-likeness (QED) is 0.664. The number of ether oxygens (including phenoxy) is 1. The smallest absolute Gasteiger partial charge is 0.211 e. The fourth-order valence-electron chi connectivity index (χ4n) is 2.84. The van der Waals surface area contributed by atoms with Gasteiger partial charge in [-0.1, -0.05) is 0 Å². The molecule has 0 spiro atoms. The Kier molecular flexibility index (Phi) is 2.26. The van der Waals surface area contributed by atoms with E-state index >= 15 is 0 Å². The predicted octanol–water partition coefficient (Wildman–Crippen LogP) is 1.86. The SMILES string of the molecule is O=C1c2ccc(N3CCOCC3)cc2-n2cccc21. The highest BCUT2D eigenvalue weighted by molar-refractivity contribution is 6.14. The number of rotatable bonds is 1. The van der Waals surface area contributed by atoms with Gasteiger partial charge in [0.05, 0.1) is 24.6 Å². The number of benzene rings is 1. The third kappa shape index (κ3) is 1.53. The van der Waals surface area contributed by atoms with Gasteiger partial charge in [0, 0.05) is 30.5 Å². The summed E-state index contributed by atoms with van der Waals surface area (Å²) in [5.41, 5.74) is 3.71. The minimum Gasteiger partial charge on any atom is -0.378 e. The number of carbonyl (C=O) groups is 1. The molecule has 1 aromatic heterocycles. The Hall–Kier alpha value is -2.07. The topological polar surface area (TPSA) is 34.5 Å². The van der Waals surface area contributed by atoms with Crippen LogP contribution in [0, 0.1) is 0 Å². The second-order valence-electron chi connectivity index (χ2n) is 4.89. The molecule has 19 heavy (non-hydrogen) atoms. The molecule has 2 aromatic rings. The molecule has 2 aliphatic heterocycles. The molecule has 0 saturated carbocycles. The van der Waals surface area contributed by atoms with Crippen LogP contribution in [0.4, 0.5) is 5.69 Å². The summed E-state index contributed by atoms with van der Waals surface area (Å²) in [6.45, 7) is 3.35. The molecule has 0 N–H and O–H groups in total. The molecule has 0 unspecified atom stereocenters. The van der Waals surface area contributed by atoms with E-state index in [1.807, 2.05) is 35.0 Å². The molecule has 3 heterocycles. The number of fused-ring (bicyclic) bond motifs is 3. The maximum absolute atomic E-state index is 12.2. The molecule has 4 nitrogen and oxygen atoms in total. The molecule has 0 aliphatic carbocycles. The summed E-state index contributed by atoms with van der Waals surface area (Å²) in [6.07, 6.45) is 1.95. The van der Waals surface area contributed by atoms with Gasteiger partial charge in [0.1, 0.15) is 0 Å². The van der Waals surface area contributed by atoms with Gasteiger partial charge in [0.25, 0.3) is 0 Å². The lowest BCUT2D eigenvalue weighted by Crippen LogP contribution is -2.36. The molecule has 4 rings (SSSR count). The number of anilines is 1. The molecule has 0 atom stereocenters.